The molecule has 142 valence electrons. The van der Waals surface area contributed by atoms with E-state index in [4.69, 9.17) is 0 Å². The maximum absolute atomic E-state index is 13.1. The molecule has 26 heavy (non-hydrogen) atoms. The zero-order valence-corrected chi connectivity index (χ0v) is 15.8. The average molecular weight is 357 g/mol. The van der Waals surface area contributed by atoms with Gasteiger partial charge in [-0.2, -0.15) is 0 Å². The minimum absolute atomic E-state index is 0.170. The lowest BCUT2D eigenvalue weighted by Gasteiger charge is -2.64. The molecule has 0 aliphatic heterocycles. The molecular weight excluding hydrogens is 326 g/mol. The van der Waals surface area contributed by atoms with Crippen molar-refractivity contribution in [1.29, 1.82) is 0 Å². The highest BCUT2D eigenvalue weighted by Gasteiger charge is 2.64. The summed E-state index contributed by atoms with van der Waals surface area (Å²) in [6, 6.07) is 7.26. The maximum atomic E-state index is 13.1. The van der Waals surface area contributed by atoms with E-state index in [1.165, 1.54) is 12.0 Å². The van der Waals surface area contributed by atoms with E-state index in [1.807, 2.05) is 12.1 Å². The molecule has 4 fully saturated rings. The standard InChI is InChI=1S/C22H31NO3/c1-2-20-10-17-11-21(13-20,15-22(26,12-17)14-20)19(25)23-9-3-4-16-5-7-18(24)8-6-16/h5-8,17,24,26H,2-4,9-15H2,1H3,(H,23,25)/t17-,20+,21+,22+/m0/s1. The van der Waals surface area contributed by atoms with Crippen LogP contribution >= 0.6 is 0 Å². The van der Waals surface area contributed by atoms with Crippen LogP contribution in [0.2, 0.25) is 0 Å². The Morgan fingerprint density at radius 2 is 1.92 bits per heavy atom. The number of aryl methyl sites for hydroxylation is 1. The van der Waals surface area contributed by atoms with Crippen molar-refractivity contribution in [3.8, 4) is 5.75 Å². The molecule has 4 heteroatoms. The molecule has 5 rings (SSSR count). The lowest BCUT2D eigenvalue weighted by Crippen LogP contribution is -2.63. The van der Waals surface area contributed by atoms with E-state index >= 15 is 0 Å². The van der Waals surface area contributed by atoms with Crippen LogP contribution in [0.1, 0.15) is 63.9 Å². The summed E-state index contributed by atoms with van der Waals surface area (Å²) in [5, 5.41) is 23.6. The van der Waals surface area contributed by atoms with E-state index < -0.39 is 5.60 Å². The van der Waals surface area contributed by atoms with Crippen molar-refractivity contribution in [2.75, 3.05) is 6.54 Å². The van der Waals surface area contributed by atoms with Crippen LogP contribution in [0.15, 0.2) is 24.3 Å². The van der Waals surface area contributed by atoms with E-state index in [-0.39, 0.29) is 22.5 Å². The molecule has 0 unspecified atom stereocenters. The third-order valence-corrected chi connectivity index (χ3v) is 7.25. The fraction of sp³-hybridized carbons (Fsp3) is 0.682. The van der Waals surface area contributed by atoms with Gasteiger partial charge in [0.05, 0.1) is 11.0 Å². The van der Waals surface area contributed by atoms with E-state index in [0.29, 0.717) is 18.9 Å². The van der Waals surface area contributed by atoms with Crippen LogP contribution in [0, 0.1) is 16.7 Å². The molecule has 0 saturated heterocycles. The van der Waals surface area contributed by atoms with Gasteiger partial charge in [-0.3, -0.25) is 4.79 Å². The van der Waals surface area contributed by atoms with Crippen molar-refractivity contribution < 1.29 is 15.0 Å². The molecule has 1 amide bonds. The SMILES string of the molecule is CC[C@]12C[C@@H]3C[C@@](O)(C1)C[C@@](C(=O)NCCCc1ccc(O)cc1)(C3)C2. The average Bonchev–Trinajstić information content (AvgIpc) is 2.58. The third-order valence-electron chi connectivity index (χ3n) is 7.25. The summed E-state index contributed by atoms with van der Waals surface area (Å²) in [5.41, 5.74) is 0.394. The van der Waals surface area contributed by atoms with Gasteiger partial charge in [0, 0.05) is 6.54 Å². The van der Waals surface area contributed by atoms with E-state index in [2.05, 4.69) is 12.2 Å². The van der Waals surface area contributed by atoms with Crippen LogP contribution in [0.25, 0.3) is 0 Å². The summed E-state index contributed by atoms with van der Waals surface area (Å²) in [4.78, 5) is 13.1. The summed E-state index contributed by atoms with van der Waals surface area (Å²) in [7, 11) is 0. The largest absolute Gasteiger partial charge is 0.508 e. The molecule has 4 saturated carbocycles. The highest BCUT2D eigenvalue weighted by atomic mass is 16.3. The van der Waals surface area contributed by atoms with Crippen molar-refractivity contribution in [2.45, 2.75) is 70.3 Å². The lowest BCUT2D eigenvalue weighted by atomic mass is 9.42. The molecule has 3 N–H and O–H groups in total. The quantitative estimate of drug-likeness (QED) is 0.682. The Kier molecular flexibility index (Phi) is 4.30. The van der Waals surface area contributed by atoms with Crippen LogP contribution in [0.3, 0.4) is 0 Å². The molecule has 0 radical (unpaired) electrons. The van der Waals surface area contributed by atoms with Crippen LogP contribution in [0.4, 0.5) is 0 Å². The first-order valence-corrected chi connectivity index (χ1v) is 10.1. The predicted molar refractivity (Wildman–Crippen MR) is 101 cm³/mol. The van der Waals surface area contributed by atoms with Crippen molar-refractivity contribution >= 4 is 5.91 Å². The molecule has 4 nitrogen and oxygen atoms in total. The highest BCUT2D eigenvalue weighted by Crippen LogP contribution is 2.67. The van der Waals surface area contributed by atoms with Gasteiger partial charge in [0.1, 0.15) is 5.75 Å². The molecule has 0 aromatic heterocycles. The Balaban J connectivity index is 1.36. The molecule has 4 aliphatic rings. The molecule has 1 aromatic rings. The summed E-state index contributed by atoms with van der Waals surface area (Å²) >= 11 is 0. The second-order valence-electron chi connectivity index (χ2n) is 9.39. The topological polar surface area (TPSA) is 69.6 Å². The van der Waals surface area contributed by atoms with Crippen molar-refractivity contribution in [2.24, 2.45) is 16.7 Å². The second kappa shape index (κ2) is 6.26. The maximum Gasteiger partial charge on any atom is 0.226 e. The van der Waals surface area contributed by atoms with Gasteiger partial charge in [-0.1, -0.05) is 25.5 Å². The fourth-order valence-electron chi connectivity index (χ4n) is 6.58. The smallest absolute Gasteiger partial charge is 0.226 e. The van der Waals surface area contributed by atoms with Gasteiger partial charge in [0.25, 0.3) is 0 Å². The number of phenols is 1. The Hall–Kier alpha value is -1.55. The zero-order chi connectivity index (χ0) is 18.4. The summed E-state index contributed by atoms with van der Waals surface area (Å²) < 4.78 is 0. The molecule has 4 atom stereocenters. The summed E-state index contributed by atoms with van der Waals surface area (Å²) in [6.45, 7) is 2.89. The van der Waals surface area contributed by atoms with Gasteiger partial charge in [0.15, 0.2) is 0 Å². The van der Waals surface area contributed by atoms with Gasteiger partial charge in [0.2, 0.25) is 5.91 Å². The fourth-order valence-corrected chi connectivity index (χ4v) is 6.58. The minimum atomic E-state index is -0.612. The number of aromatic hydroxyl groups is 1. The molecular formula is C22H31NO3. The van der Waals surface area contributed by atoms with Crippen molar-refractivity contribution in [3.63, 3.8) is 0 Å². The minimum Gasteiger partial charge on any atom is -0.508 e. The first-order valence-electron chi connectivity index (χ1n) is 10.1. The molecule has 0 heterocycles. The monoisotopic (exact) mass is 357 g/mol. The first kappa shape index (κ1) is 17.8. The zero-order valence-electron chi connectivity index (χ0n) is 15.8. The van der Waals surface area contributed by atoms with Gasteiger partial charge in [-0.25, -0.2) is 0 Å². The number of amides is 1. The summed E-state index contributed by atoms with van der Waals surface area (Å²) in [5.74, 6) is 0.967. The predicted octanol–water partition coefficient (Wildman–Crippen LogP) is 3.55. The van der Waals surface area contributed by atoms with E-state index in [0.717, 1.165) is 44.9 Å². The van der Waals surface area contributed by atoms with Crippen LogP contribution in [-0.4, -0.2) is 28.3 Å². The van der Waals surface area contributed by atoms with E-state index in [1.54, 1.807) is 12.1 Å². The van der Waals surface area contributed by atoms with Crippen LogP contribution in [-0.2, 0) is 11.2 Å². The number of nitrogens with one attached hydrogen (secondary N) is 1. The Morgan fingerprint density at radius 3 is 2.62 bits per heavy atom. The van der Waals surface area contributed by atoms with Gasteiger partial charge < -0.3 is 15.5 Å². The normalized spacial score (nSPS) is 37.7. The van der Waals surface area contributed by atoms with Gasteiger partial charge in [-0.05, 0) is 80.4 Å². The highest BCUT2D eigenvalue weighted by molar-refractivity contribution is 5.83. The van der Waals surface area contributed by atoms with E-state index in [9.17, 15) is 15.0 Å². The number of phenolic OH excluding ortho intramolecular Hbond substituents is 1. The Bertz CT molecular complexity index is 687. The lowest BCUT2D eigenvalue weighted by molar-refractivity contribution is -0.204. The van der Waals surface area contributed by atoms with Crippen LogP contribution in [0.5, 0.6) is 5.75 Å². The summed E-state index contributed by atoms with van der Waals surface area (Å²) in [6.07, 6.45) is 8.40. The number of aliphatic hydroxyl groups is 1. The Morgan fingerprint density at radius 1 is 1.15 bits per heavy atom. The molecule has 4 bridgehead atoms. The number of carbonyl (C=O) groups excluding carboxylic acids is 1. The van der Waals surface area contributed by atoms with Crippen molar-refractivity contribution in [3.05, 3.63) is 29.8 Å². The third kappa shape index (κ3) is 3.13. The van der Waals surface area contributed by atoms with Crippen LogP contribution < -0.4 is 5.32 Å². The van der Waals surface area contributed by atoms with Crippen molar-refractivity contribution in [1.82, 2.24) is 5.32 Å². The number of benzene rings is 1. The Labute approximate surface area is 156 Å². The number of carbonyl (C=O) groups is 1. The number of hydrogen-bond donors (Lipinski definition) is 3. The van der Waals surface area contributed by atoms with Gasteiger partial charge >= 0.3 is 0 Å². The molecule has 0 spiro atoms. The number of hydrogen-bond acceptors (Lipinski definition) is 3. The molecule has 1 aromatic carbocycles. The molecule has 4 aliphatic carbocycles. The second-order valence-corrected chi connectivity index (χ2v) is 9.39. The first-order chi connectivity index (χ1) is 12.4. The van der Waals surface area contributed by atoms with Gasteiger partial charge in [-0.15, -0.1) is 0 Å². The number of rotatable bonds is 6.